The quantitative estimate of drug-likeness (QED) is 0.914. The lowest BCUT2D eigenvalue weighted by molar-refractivity contribution is -0.119. The summed E-state index contributed by atoms with van der Waals surface area (Å²) >= 11 is 0. The van der Waals surface area contributed by atoms with Gasteiger partial charge >= 0.3 is 0 Å². The number of hydrogen-bond donors (Lipinski definition) is 1. The summed E-state index contributed by atoms with van der Waals surface area (Å²) in [6.07, 6.45) is 4.25. The number of nitrogens with one attached hydrogen (secondary N) is 1. The summed E-state index contributed by atoms with van der Waals surface area (Å²) in [7, 11) is 0. The molecule has 4 nitrogen and oxygen atoms in total. The smallest absolute Gasteiger partial charge is 0.221 e. The maximum atomic E-state index is 11.8. The van der Waals surface area contributed by atoms with Crippen molar-refractivity contribution in [1.29, 1.82) is 0 Å². The van der Waals surface area contributed by atoms with Crippen LogP contribution in [0.4, 0.5) is 0 Å². The van der Waals surface area contributed by atoms with Crippen LogP contribution >= 0.6 is 0 Å². The molecule has 1 aliphatic rings. The Hall–Kier alpha value is -2.10. The van der Waals surface area contributed by atoms with Crippen molar-refractivity contribution in [3.8, 4) is 0 Å². The molecule has 19 heavy (non-hydrogen) atoms. The summed E-state index contributed by atoms with van der Waals surface area (Å²) < 4.78 is 2.11. The maximum absolute atomic E-state index is 11.8. The van der Waals surface area contributed by atoms with E-state index in [-0.39, 0.29) is 17.9 Å². The van der Waals surface area contributed by atoms with Gasteiger partial charge in [0.15, 0.2) is 0 Å². The fourth-order valence-corrected chi connectivity index (χ4v) is 2.81. The predicted octanol–water partition coefficient (Wildman–Crippen LogP) is 2.25. The summed E-state index contributed by atoms with van der Waals surface area (Å²) in [6.45, 7) is 2.97. The average Bonchev–Trinajstić information content (AvgIpc) is 3.05. The molecule has 1 aromatic carbocycles. The van der Waals surface area contributed by atoms with Crippen molar-refractivity contribution in [2.24, 2.45) is 0 Å². The number of nitrogens with zero attached hydrogens (tertiary/aromatic N) is 2. The Balaban J connectivity index is 1.97. The minimum absolute atomic E-state index is 0.0516. The zero-order valence-corrected chi connectivity index (χ0v) is 10.9. The van der Waals surface area contributed by atoms with Crippen LogP contribution in [-0.2, 0) is 11.3 Å². The molecule has 4 heteroatoms. The Labute approximate surface area is 112 Å². The van der Waals surface area contributed by atoms with Gasteiger partial charge in [-0.1, -0.05) is 30.3 Å². The molecule has 2 atom stereocenters. The van der Waals surface area contributed by atoms with Gasteiger partial charge in [-0.25, -0.2) is 4.98 Å². The molecule has 1 aliphatic heterocycles. The van der Waals surface area contributed by atoms with E-state index < -0.39 is 0 Å². The van der Waals surface area contributed by atoms with Gasteiger partial charge in [-0.2, -0.15) is 0 Å². The van der Waals surface area contributed by atoms with Gasteiger partial charge in [-0.3, -0.25) is 4.79 Å². The number of carbonyl (C=O) groups is 1. The van der Waals surface area contributed by atoms with Crippen molar-refractivity contribution < 1.29 is 4.79 Å². The lowest BCUT2D eigenvalue weighted by atomic mass is 9.91. The molecule has 2 unspecified atom stereocenters. The fourth-order valence-electron chi connectivity index (χ4n) is 2.81. The first kappa shape index (κ1) is 12.0. The summed E-state index contributed by atoms with van der Waals surface area (Å²) in [4.78, 5) is 16.0. The van der Waals surface area contributed by atoms with Crippen LogP contribution < -0.4 is 5.32 Å². The topological polar surface area (TPSA) is 46.9 Å². The molecule has 0 aliphatic carbocycles. The minimum atomic E-state index is 0.0516. The molecule has 1 amide bonds. The number of rotatable bonds is 3. The van der Waals surface area contributed by atoms with E-state index in [4.69, 9.17) is 0 Å². The first-order valence-corrected chi connectivity index (χ1v) is 6.64. The van der Waals surface area contributed by atoms with Crippen LogP contribution in [-0.4, -0.2) is 15.5 Å². The van der Waals surface area contributed by atoms with E-state index in [1.54, 1.807) is 0 Å². The highest BCUT2D eigenvalue weighted by molar-refractivity contribution is 5.80. The first-order valence-electron chi connectivity index (χ1n) is 6.64. The average molecular weight is 255 g/mol. The van der Waals surface area contributed by atoms with Gasteiger partial charge in [0, 0.05) is 30.8 Å². The molecule has 1 fully saturated rings. The number of carbonyl (C=O) groups excluding carboxylic acids is 1. The number of aromatic nitrogens is 2. The Morgan fingerprint density at radius 1 is 1.37 bits per heavy atom. The van der Waals surface area contributed by atoms with Crippen molar-refractivity contribution >= 4 is 5.91 Å². The third-order valence-electron chi connectivity index (χ3n) is 3.75. The summed E-state index contributed by atoms with van der Waals surface area (Å²) in [5, 5.41) is 3.08. The van der Waals surface area contributed by atoms with Crippen molar-refractivity contribution in [3.63, 3.8) is 0 Å². The van der Waals surface area contributed by atoms with Gasteiger partial charge in [0.25, 0.3) is 0 Å². The van der Waals surface area contributed by atoms with Gasteiger partial charge in [-0.15, -0.1) is 0 Å². The maximum Gasteiger partial charge on any atom is 0.221 e. The van der Waals surface area contributed by atoms with Crippen LogP contribution in [0.1, 0.15) is 36.6 Å². The molecule has 2 heterocycles. The second-order valence-electron chi connectivity index (χ2n) is 4.87. The predicted molar refractivity (Wildman–Crippen MR) is 72.6 cm³/mol. The van der Waals surface area contributed by atoms with Crippen molar-refractivity contribution in [1.82, 2.24) is 14.9 Å². The van der Waals surface area contributed by atoms with E-state index in [9.17, 15) is 4.79 Å². The second kappa shape index (κ2) is 4.88. The van der Waals surface area contributed by atoms with Crippen LogP contribution in [0.2, 0.25) is 0 Å². The van der Waals surface area contributed by atoms with Crippen LogP contribution in [0, 0.1) is 0 Å². The van der Waals surface area contributed by atoms with Crippen molar-refractivity contribution in [3.05, 3.63) is 54.1 Å². The Morgan fingerprint density at radius 3 is 2.89 bits per heavy atom. The normalized spacial score (nSPS) is 22.5. The summed E-state index contributed by atoms with van der Waals surface area (Å²) in [5.41, 5.74) is 2.29. The van der Waals surface area contributed by atoms with Gasteiger partial charge < -0.3 is 9.88 Å². The number of benzene rings is 1. The zero-order valence-electron chi connectivity index (χ0n) is 10.9. The molecule has 98 valence electrons. The second-order valence-corrected chi connectivity index (χ2v) is 4.87. The summed E-state index contributed by atoms with van der Waals surface area (Å²) in [5.74, 6) is 0.278. The van der Waals surface area contributed by atoms with E-state index in [0.29, 0.717) is 6.42 Å². The molecule has 1 aromatic heterocycles. The van der Waals surface area contributed by atoms with Crippen molar-refractivity contribution in [2.75, 3.05) is 0 Å². The molecule has 0 radical (unpaired) electrons. The standard InChI is InChI=1S/C15H17N3O/c1-2-18-10-16-9-13(18)12-8-14(19)17-15(12)11-6-4-3-5-7-11/h3-7,9-10,12,15H,2,8H2,1H3,(H,17,19). The molecule has 1 saturated heterocycles. The highest BCUT2D eigenvalue weighted by atomic mass is 16.2. The van der Waals surface area contributed by atoms with Crippen molar-refractivity contribution in [2.45, 2.75) is 31.8 Å². The number of hydrogen-bond acceptors (Lipinski definition) is 2. The van der Waals surface area contributed by atoms with Gasteiger partial charge in [-0.05, 0) is 12.5 Å². The first-order chi connectivity index (χ1) is 9.29. The number of imidazole rings is 1. The van der Waals surface area contributed by atoms with Crippen LogP contribution in [0.5, 0.6) is 0 Å². The number of aryl methyl sites for hydroxylation is 1. The van der Waals surface area contributed by atoms with Crippen LogP contribution in [0.25, 0.3) is 0 Å². The van der Waals surface area contributed by atoms with E-state index in [0.717, 1.165) is 17.8 Å². The molecule has 0 bridgehead atoms. The SMILES string of the molecule is CCn1cncc1C1CC(=O)NC1c1ccccc1. The summed E-state index contributed by atoms with van der Waals surface area (Å²) in [6, 6.07) is 10.2. The molecule has 0 saturated carbocycles. The van der Waals surface area contributed by atoms with Gasteiger partial charge in [0.1, 0.15) is 0 Å². The monoisotopic (exact) mass is 255 g/mol. The molecule has 2 aromatic rings. The van der Waals surface area contributed by atoms with Crippen LogP contribution in [0.3, 0.4) is 0 Å². The Morgan fingerprint density at radius 2 is 2.16 bits per heavy atom. The highest BCUT2D eigenvalue weighted by Gasteiger charge is 2.36. The van der Waals surface area contributed by atoms with Crippen LogP contribution in [0.15, 0.2) is 42.9 Å². The van der Waals surface area contributed by atoms with E-state index >= 15 is 0 Å². The molecule has 3 rings (SSSR count). The molecule has 1 N–H and O–H groups in total. The number of amides is 1. The Kier molecular flexibility index (Phi) is 3.07. The molecule has 0 spiro atoms. The lowest BCUT2D eigenvalue weighted by Gasteiger charge is -2.20. The third-order valence-corrected chi connectivity index (χ3v) is 3.75. The highest BCUT2D eigenvalue weighted by Crippen LogP contribution is 2.37. The third kappa shape index (κ3) is 2.14. The zero-order chi connectivity index (χ0) is 13.2. The molecular weight excluding hydrogens is 238 g/mol. The van der Waals surface area contributed by atoms with Gasteiger partial charge in [0.2, 0.25) is 5.91 Å². The van der Waals surface area contributed by atoms with Gasteiger partial charge in [0.05, 0.1) is 12.4 Å². The largest absolute Gasteiger partial charge is 0.349 e. The van der Waals surface area contributed by atoms with E-state index in [1.165, 1.54) is 0 Å². The Bertz CT molecular complexity index is 576. The lowest BCUT2D eigenvalue weighted by Crippen LogP contribution is -2.21. The molecular formula is C15H17N3O. The fraction of sp³-hybridized carbons (Fsp3) is 0.333. The van der Waals surface area contributed by atoms with E-state index in [1.807, 2.05) is 30.7 Å². The van der Waals surface area contributed by atoms with E-state index in [2.05, 4.69) is 33.9 Å². The minimum Gasteiger partial charge on any atom is -0.349 e.